The minimum atomic E-state index is 0. The summed E-state index contributed by atoms with van der Waals surface area (Å²) in [5, 5.41) is 3.09. The molecule has 0 heterocycles. The molecule has 3 N–H and O–H groups in total. The minimum absolute atomic E-state index is 0. The van der Waals surface area contributed by atoms with E-state index in [1.54, 1.807) is 0 Å². The molecule has 0 radical (unpaired) electrons. The highest BCUT2D eigenvalue weighted by Crippen LogP contribution is 2.18. The molecule has 100 valence electrons. The third kappa shape index (κ3) is 4.22. The molecular weight excluding hydrogens is 248 g/mol. The first-order chi connectivity index (χ1) is 8.25. The van der Waals surface area contributed by atoms with Gasteiger partial charge in [0.15, 0.2) is 0 Å². The van der Waals surface area contributed by atoms with Gasteiger partial charge in [0.25, 0.3) is 0 Å². The largest absolute Gasteiger partial charge is 0.399 e. The summed E-state index contributed by atoms with van der Waals surface area (Å²) in [7, 11) is 0. The molecular formula is C14H21ClN2O. The van der Waals surface area contributed by atoms with E-state index >= 15 is 0 Å². The van der Waals surface area contributed by atoms with Gasteiger partial charge < -0.3 is 11.1 Å². The third-order valence-corrected chi connectivity index (χ3v) is 3.40. The van der Waals surface area contributed by atoms with E-state index in [1.165, 1.54) is 12.8 Å². The number of para-hydroxylation sites is 1. The maximum Gasteiger partial charge on any atom is 0.220 e. The van der Waals surface area contributed by atoms with Gasteiger partial charge in [0, 0.05) is 18.2 Å². The number of nitrogens with two attached hydrogens (primary N) is 1. The molecule has 2 rings (SSSR count). The number of benzene rings is 1. The smallest absolute Gasteiger partial charge is 0.220 e. The number of anilines is 1. The number of nitrogen functional groups attached to an aromatic ring is 1. The standard InChI is InChI=1S/C14H20N2O.ClH/c15-13-8-4-1-5-11(13)9-10-14(17)16-12-6-2-3-7-12;/h1,4-5,8,12H,2-3,6-7,9-10,15H2,(H,16,17);1H. The molecule has 1 aromatic rings. The van der Waals surface area contributed by atoms with Crippen LogP contribution in [-0.2, 0) is 11.2 Å². The van der Waals surface area contributed by atoms with E-state index in [9.17, 15) is 4.79 Å². The Morgan fingerprint density at radius 2 is 1.94 bits per heavy atom. The fourth-order valence-electron chi connectivity index (χ4n) is 2.38. The van der Waals surface area contributed by atoms with E-state index in [0.29, 0.717) is 12.5 Å². The summed E-state index contributed by atoms with van der Waals surface area (Å²) >= 11 is 0. The fraction of sp³-hybridized carbons (Fsp3) is 0.500. The summed E-state index contributed by atoms with van der Waals surface area (Å²) in [6.07, 6.45) is 6.03. The van der Waals surface area contributed by atoms with Crippen molar-refractivity contribution in [2.24, 2.45) is 0 Å². The Morgan fingerprint density at radius 3 is 2.61 bits per heavy atom. The lowest BCUT2D eigenvalue weighted by molar-refractivity contribution is -0.121. The zero-order chi connectivity index (χ0) is 12.1. The van der Waals surface area contributed by atoms with Crippen LogP contribution in [0.25, 0.3) is 0 Å². The van der Waals surface area contributed by atoms with Crippen molar-refractivity contribution < 1.29 is 4.79 Å². The van der Waals surface area contributed by atoms with Crippen LogP contribution in [0.4, 0.5) is 5.69 Å². The lowest BCUT2D eigenvalue weighted by Gasteiger charge is -2.12. The second-order valence-corrected chi connectivity index (χ2v) is 4.75. The fourth-order valence-corrected chi connectivity index (χ4v) is 2.38. The van der Waals surface area contributed by atoms with Gasteiger partial charge in [0.1, 0.15) is 0 Å². The van der Waals surface area contributed by atoms with Gasteiger partial charge in [0.2, 0.25) is 5.91 Å². The summed E-state index contributed by atoms with van der Waals surface area (Å²) in [5.74, 6) is 0.153. The first kappa shape index (κ1) is 14.8. The second kappa shape index (κ2) is 7.27. The van der Waals surface area contributed by atoms with Gasteiger partial charge in [-0.25, -0.2) is 0 Å². The molecule has 4 heteroatoms. The number of carbonyl (C=O) groups excluding carboxylic acids is 1. The van der Waals surface area contributed by atoms with Gasteiger partial charge >= 0.3 is 0 Å². The van der Waals surface area contributed by atoms with Crippen molar-refractivity contribution in [2.45, 2.75) is 44.6 Å². The Labute approximate surface area is 115 Å². The van der Waals surface area contributed by atoms with E-state index in [-0.39, 0.29) is 18.3 Å². The third-order valence-electron chi connectivity index (χ3n) is 3.40. The van der Waals surface area contributed by atoms with Crippen LogP contribution in [0.2, 0.25) is 0 Å². The molecule has 18 heavy (non-hydrogen) atoms. The summed E-state index contributed by atoms with van der Waals surface area (Å²) in [5.41, 5.74) is 7.68. The molecule has 0 spiro atoms. The van der Waals surface area contributed by atoms with E-state index < -0.39 is 0 Å². The molecule has 0 saturated heterocycles. The number of amides is 1. The average Bonchev–Trinajstić information content (AvgIpc) is 2.81. The predicted molar refractivity (Wildman–Crippen MR) is 76.8 cm³/mol. The minimum Gasteiger partial charge on any atom is -0.399 e. The summed E-state index contributed by atoms with van der Waals surface area (Å²) in [4.78, 5) is 11.7. The summed E-state index contributed by atoms with van der Waals surface area (Å²) < 4.78 is 0. The maximum atomic E-state index is 11.7. The number of nitrogens with one attached hydrogen (secondary N) is 1. The van der Waals surface area contributed by atoms with Crippen molar-refractivity contribution in [3.8, 4) is 0 Å². The first-order valence-corrected chi connectivity index (χ1v) is 6.38. The zero-order valence-electron chi connectivity index (χ0n) is 10.5. The molecule has 0 unspecified atom stereocenters. The number of hydrogen-bond donors (Lipinski definition) is 2. The summed E-state index contributed by atoms with van der Waals surface area (Å²) in [6, 6.07) is 8.15. The SMILES string of the molecule is Cl.Nc1ccccc1CCC(=O)NC1CCCC1. The van der Waals surface area contributed by atoms with Gasteiger partial charge in [0.05, 0.1) is 0 Å². The van der Waals surface area contributed by atoms with Gasteiger partial charge in [-0.15, -0.1) is 12.4 Å². The Morgan fingerprint density at radius 1 is 1.28 bits per heavy atom. The number of carbonyl (C=O) groups is 1. The van der Waals surface area contributed by atoms with Gasteiger partial charge in [-0.3, -0.25) is 4.79 Å². The van der Waals surface area contributed by atoms with E-state index in [4.69, 9.17) is 5.73 Å². The molecule has 0 atom stereocenters. The Hall–Kier alpha value is -1.22. The van der Waals surface area contributed by atoms with E-state index in [0.717, 1.165) is 30.5 Å². The summed E-state index contributed by atoms with van der Waals surface area (Å²) in [6.45, 7) is 0. The van der Waals surface area contributed by atoms with Gasteiger partial charge in [-0.05, 0) is 30.9 Å². The number of hydrogen-bond acceptors (Lipinski definition) is 2. The lowest BCUT2D eigenvalue weighted by Crippen LogP contribution is -2.32. The maximum absolute atomic E-state index is 11.7. The monoisotopic (exact) mass is 268 g/mol. The van der Waals surface area contributed by atoms with Crippen molar-refractivity contribution in [1.82, 2.24) is 5.32 Å². The van der Waals surface area contributed by atoms with Crippen molar-refractivity contribution in [1.29, 1.82) is 0 Å². The molecule has 1 fully saturated rings. The van der Waals surface area contributed by atoms with Crippen LogP contribution in [0.5, 0.6) is 0 Å². The van der Waals surface area contributed by atoms with E-state index in [2.05, 4.69) is 5.32 Å². The highest BCUT2D eigenvalue weighted by molar-refractivity contribution is 5.85. The Balaban J connectivity index is 0.00000162. The predicted octanol–water partition coefficient (Wildman–Crippen LogP) is 2.68. The van der Waals surface area contributed by atoms with Crippen LogP contribution in [0.15, 0.2) is 24.3 Å². The van der Waals surface area contributed by atoms with Crippen molar-refractivity contribution in [3.05, 3.63) is 29.8 Å². The van der Waals surface area contributed by atoms with Crippen LogP contribution >= 0.6 is 12.4 Å². The van der Waals surface area contributed by atoms with Crippen LogP contribution in [0.3, 0.4) is 0 Å². The first-order valence-electron chi connectivity index (χ1n) is 6.38. The topological polar surface area (TPSA) is 55.1 Å². The quantitative estimate of drug-likeness (QED) is 0.825. The zero-order valence-corrected chi connectivity index (χ0v) is 11.3. The highest BCUT2D eigenvalue weighted by atomic mass is 35.5. The second-order valence-electron chi connectivity index (χ2n) is 4.75. The average molecular weight is 269 g/mol. The molecule has 0 bridgehead atoms. The van der Waals surface area contributed by atoms with Crippen LogP contribution in [0, 0.1) is 0 Å². The number of rotatable bonds is 4. The van der Waals surface area contributed by atoms with Crippen LogP contribution < -0.4 is 11.1 Å². The molecule has 1 aliphatic rings. The van der Waals surface area contributed by atoms with Gasteiger partial charge in [-0.1, -0.05) is 31.0 Å². The molecule has 1 aromatic carbocycles. The van der Waals surface area contributed by atoms with E-state index in [1.807, 2.05) is 24.3 Å². The van der Waals surface area contributed by atoms with Crippen molar-refractivity contribution >= 4 is 24.0 Å². The van der Waals surface area contributed by atoms with Gasteiger partial charge in [-0.2, -0.15) is 0 Å². The van der Waals surface area contributed by atoms with Crippen molar-refractivity contribution in [3.63, 3.8) is 0 Å². The molecule has 0 aliphatic heterocycles. The van der Waals surface area contributed by atoms with Crippen LogP contribution in [0.1, 0.15) is 37.7 Å². The molecule has 1 amide bonds. The Bertz CT molecular complexity index is 389. The number of halogens is 1. The normalized spacial score (nSPS) is 15.1. The molecule has 1 aliphatic carbocycles. The number of aryl methyl sites for hydroxylation is 1. The van der Waals surface area contributed by atoms with Crippen molar-refractivity contribution in [2.75, 3.05) is 5.73 Å². The molecule has 1 saturated carbocycles. The lowest BCUT2D eigenvalue weighted by atomic mass is 10.1. The highest BCUT2D eigenvalue weighted by Gasteiger charge is 2.16. The van der Waals surface area contributed by atoms with Crippen LogP contribution in [-0.4, -0.2) is 11.9 Å². The molecule has 3 nitrogen and oxygen atoms in total. The Kier molecular flexibility index (Phi) is 5.99. The molecule has 0 aromatic heterocycles.